The standard InChI is InChI=1S/C10H14BrN3/c1-8-4-2-3-5-14(8)10-7-12-6-9(11)13-10/h6-8H,2-5H2,1H3/i1D3,2D2,3D2,4D2,5D2,6D,7D,8D. The van der Waals surface area contributed by atoms with Crippen molar-refractivity contribution in [3.63, 3.8) is 0 Å². The third kappa shape index (κ3) is 2.05. The summed E-state index contributed by atoms with van der Waals surface area (Å²) in [5.74, 6) is -1.03. The third-order valence-electron chi connectivity index (χ3n) is 1.35. The van der Waals surface area contributed by atoms with Gasteiger partial charge in [-0.25, -0.2) is 4.98 Å². The maximum Gasteiger partial charge on any atom is 0.148 e. The van der Waals surface area contributed by atoms with Crippen molar-refractivity contribution in [1.82, 2.24) is 9.97 Å². The molecule has 0 amide bonds. The summed E-state index contributed by atoms with van der Waals surface area (Å²) in [5.41, 5.74) is 0. The van der Waals surface area contributed by atoms with Crippen LogP contribution in [0.2, 0.25) is 0 Å². The van der Waals surface area contributed by atoms with E-state index in [9.17, 15) is 0 Å². The molecule has 2 heterocycles. The summed E-state index contributed by atoms with van der Waals surface area (Å²) in [6.07, 6.45) is -12.8. The monoisotopic (exact) mass is 269 g/mol. The van der Waals surface area contributed by atoms with Crippen LogP contribution >= 0.6 is 15.9 Å². The zero-order valence-corrected chi connectivity index (χ0v) is 8.31. The van der Waals surface area contributed by atoms with Gasteiger partial charge in [0.2, 0.25) is 0 Å². The van der Waals surface area contributed by atoms with E-state index in [4.69, 9.17) is 19.2 Å². The molecule has 1 unspecified atom stereocenters. The highest BCUT2D eigenvalue weighted by Crippen LogP contribution is 2.22. The lowest BCUT2D eigenvalue weighted by Crippen LogP contribution is -2.38. The minimum absolute atomic E-state index is 0.201. The predicted molar refractivity (Wildman–Crippen MR) is 60.4 cm³/mol. The van der Waals surface area contributed by atoms with Crippen LogP contribution in [0.15, 0.2) is 16.9 Å². The molecule has 2 rings (SSSR count). The SMILES string of the molecule is [2H]c1nc([2H])c(N2C([2H])([2H])C([2H])([2H])C([2H])([2H])C([2H])([2H])C2([2H])C([2H])([2H])[2H])nc1Br. The quantitative estimate of drug-likeness (QED) is 0.785. The molecule has 4 heteroatoms. The van der Waals surface area contributed by atoms with E-state index in [2.05, 4.69) is 25.9 Å². The second kappa shape index (κ2) is 4.26. The van der Waals surface area contributed by atoms with Crippen molar-refractivity contribution >= 4 is 21.7 Å². The number of hydrogen-bond acceptors (Lipinski definition) is 3. The average molecular weight is 270 g/mol. The molecule has 1 aliphatic heterocycles. The van der Waals surface area contributed by atoms with E-state index in [1.165, 1.54) is 0 Å². The predicted octanol–water partition coefficient (Wildman–Crippen LogP) is 2.62. The van der Waals surface area contributed by atoms with Gasteiger partial charge in [0.25, 0.3) is 0 Å². The van der Waals surface area contributed by atoms with Crippen LogP contribution in [0.25, 0.3) is 0 Å². The molecule has 1 aromatic rings. The molecule has 0 spiro atoms. The lowest BCUT2D eigenvalue weighted by Gasteiger charge is -2.34. The normalized spacial score (nSPS) is 57.6. The van der Waals surface area contributed by atoms with Crippen LogP contribution < -0.4 is 4.90 Å². The molecule has 1 aliphatic rings. The van der Waals surface area contributed by atoms with Crippen molar-refractivity contribution in [2.45, 2.75) is 32.0 Å². The molecule has 76 valence electrons. The molecule has 1 saturated heterocycles. The Kier molecular flexibility index (Phi) is 0.771. The summed E-state index contributed by atoms with van der Waals surface area (Å²) in [4.78, 5) is 6.82. The third-order valence-corrected chi connectivity index (χ3v) is 1.71. The number of piperidine rings is 1. The van der Waals surface area contributed by atoms with E-state index >= 15 is 0 Å². The fourth-order valence-electron chi connectivity index (χ4n) is 0.812. The largest absolute Gasteiger partial charge is 0.353 e. The highest BCUT2D eigenvalue weighted by Gasteiger charge is 2.19. The Bertz CT molecular complexity index is 807. The summed E-state index contributed by atoms with van der Waals surface area (Å²) < 4.78 is 110. The van der Waals surface area contributed by atoms with Crippen LogP contribution in [0.3, 0.4) is 0 Å². The summed E-state index contributed by atoms with van der Waals surface area (Å²) in [6, 6.07) is -3.74. The number of nitrogens with zero attached hydrogens (tertiary/aromatic N) is 3. The lowest BCUT2D eigenvalue weighted by molar-refractivity contribution is 0.480. The minimum Gasteiger partial charge on any atom is -0.353 e. The van der Waals surface area contributed by atoms with Gasteiger partial charge in [-0.3, -0.25) is 4.98 Å². The maximum atomic E-state index is 8.41. The zero-order valence-electron chi connectivity index (χ0n) is 20.7. The highest BCUT2D eigenvalue weighted by atomic mass is 79.9. The Hall–Kier alpha value is -0.640. The van der Waals surface area contributed by atoms with E-state index < -0.39 is 61.3 Å². The molecule has 0 aliphatic carbocycles. The molecule has 14 heavy (non-hydrogen) atoms. The highest BCUT2D eigenvalue weighted by molar-refractivity contribution is 9.10. The van der Waals surface area contributed by atoms with Crippen LogP contribution in [0.4, 0.5) is 5.82 Å². The van der Waals surface area contributed by atoms with E-state index in [0.717, 1.165) is 0 Å². The average Bonchev–Trinajstić information content (AvgIpc) is 2.49. The van der Waals surface area contributed by atoms with Gasteiger partial charge in [-0.2, -0.15) is 0 Å². The summed E-state index contributed by atoms with van der Waals surface area (Å²) in [6.45, 7) is -7.36. The minimum atomic E-state index is -3.80. The molecular formula is C10H14BrN3. The topological polar surface area (TPSA) is 29.0 Å². The molecule has 3 nitrogen and oxygen atoms in total. The van der Waals surface area contributed by atoms with Crippen LogP contribution in [-0.4, -0.2) is 22.5 Å². The van der Waals surface area contributed by atoms with Gasteiger partial charge in [0.15, 0.2) is 0 Å². The molecule has 0 radical (unpaired) electrons. The summed E-state index contributed by atoms with van der Waals surface area (Å²) >= 11 is 2.79. The Morgan fingerprint density at radius 3 is 3.57 bits per heavy atom. The van der Waals surface area contributed by atoms with Crippen molar-refractivity contribution in [3.8, 4) is 0 Å². The Labute approximate surface area is 112 Å². The van der Waals surface area contributed by atoms with E-state index in [0.29, 0.717) is 0 Å². The molecule has 1 fully saturated rings. The zero-order chi connectivity index (χ0) is 22.3. The maximum absolute atomic E-state index is 8.41. The number of aromatic nitrogens is 2. The number of rotatable bonds is 1. The summed E-state index contributed by atoms with van der Waals surface area (Å²) in [5, 5.41) is 0. The van der Waals surface area contributed by atoms with Crippen molar-refractivity contribution < 1.29 is 19.2 Å². The van der Waals surface area contributed by atoms with Crippen LogP contribution in [0.5, 0.6) is 0 Å². The van der Waals surface area contributed by atoms with Crippen molar-refractivity contribution in [2.75, 3.05) is 11.4 Å². The smallest absolute Gasteiger partial charge is 0.148 e. The number of hydrogen-bond donors (Lipinski definition) is 0. The lowest BCUT2D eigenvalue weighted by atomic mass is 10.0. The number of halogens is 1. The first-order valence-electron chi connectivity index (χ1n) is 10.5. The second-order valence-electron chi connectivity index (χ2n) is 2.23. The Morgan fingerprint density at radius 1 is 1.79 bits per heavy atom. The molecule has 1 atom stereocenters. The van der Waals surface area contributed by atoms with Crippen molar-refractivity contribution in [2.24, 2.45) is 0 Å². The first kappa shape index (κ1) is 2.54. The summed E-state index contributed by atoms with van der Waals surface area (Å²) in [7, 11) is 0. The fraction of sp³-hybridized carbons (Fsp3) is 0.600. The molecule has 1 aromatic heterocycles. The van der Waals surface area contributed by atoms with Gasteiger partial charge in [0.05, 0.1) is 16.5 Å². The van der Waals surface area contributed by atoms with Crippen LogP contribution in [0, 0.1) is 0 Å². The number of anilines is 1. The van der Waals surface area contributed by atoms with Gasteiger partial charge in [-0.1, -0.05) is 0 Å². The Balaban J connectivity index is 3.04. The fourth-order valence-corrected chi connectivity index (χ4v) is 1.07. The molecule has 0 saturated carbocycles. The van der Waals surface area contributed by atoms with E-state index in [1.807, 2.05) is 0 Å². The van der Waals surface area contributed by atoms with E-state index in [1.54, 1.807) is 0 Å². The van der Waals surface area contributed by atoms with Gasteiger partial charge in [0, 0.05) is 27.6 Å². The second-order valence-corrected chi connectivity index (χ2v) is 2.98. The van der Waals surface area contributed by atoms with Crippen molar-refractivity contribution in [1.29, 1.82) is 0 Å². The first-order chi connectivity index (χ1) is 12.2. The Morgan fingerprint density at radius 2 is 2.71 bits per heavy atom. The van der Waals surface area contributed by atoms with Gasteiger partial charge in [0.1, 0.15) is 10.4 Å². The van der Waals surface area contributed by atoms with Crippen LogP contribution in [0.1, 0.15) is 45.2 Å². The van der Waals surface area contributed by atoms with Gasteiger partial charge < -0.3 is 4.90 Å². The first-order valence-corrected chi connectivity index (χ1v) is 4.30. The van der Waals surface area contributed by atoms with Crippen molar-refractivity contribution in [3.05, 3.63) is 16.9 Å². The molecule has 0 aromatic carbocycles. The van der Waals surface area contributed by atoms with Crippen LogP contribution in [-0.2, 0) is 0 Å². The molecule has 0 N–H and O–H groups in total. The molecule has 0 bridgehead atoms. The van der Waals surface area contributed by atoms with Gasteiger partial charge in [-0.05, 0) is 41.9 Å². The molecular weight excluding hydrogens is 242 g/mol. The van der Waals surface area contributed by atoms with Gasteiger partial charge in [-0.15, -0.1) is 0 Å². The van der Waals surface area contributed by atoms with Gasteiger partial charge >= 0.3 is 0 Å². The van der Waals surface area contributed by atoms with E-state index in [-0.39, 0.29) is 4.90 Å².